The molecule has 3 aromatic rings. The lowest BCUT2D eigenvalue weighted by Gasteiger charge is -2.04. The van der Waals surface area contributed by atoms with Gasteiger partial charge >= 0.3 is 5.63 Å². The fraction of sp³-hybridized carbons (Fsp3) is 0.0625. The zero-order chi connectivity index (χ0) is 16.4. The van der Waals surface area contributed by atoms with Gasteiger partial charge in [0.25, 0.3) is 0 Å². The number of hydrogen-bond donors (Lipinski definition) is 0. The van der Waals surface area contributed by atoms with E-state index in [1.165, 1.54) is 23.9 Å². The third-order valence-corrected chi connectivity index (χ3v) is 4.48. The maximum atomic E-state index is 12.3. The van der Waals surface area contributed by atoms with Gasteiger partial charge in [-0.3, -0.25) is 4.79 Å². The maximum absolute atomic E-state index is 12.3. The first-order valence-corrected chi connectivity index (χ1v) is 8.28. The normalized spacial score (nSPS) is 10.9. The third kappa shape index (κ3) is 3.58. The highest BCUT2D eigenvalue weighted by molar-refractivity contribution is 7.99. The number of carbonyl (C=O) groups is 1. The first-order chi connectivity index (χ1) is 11.0. The molecule has 2 heterocycles. The summed E-state index contributed by atoms with van der Waals surface area (Å²) >= 11 is 13.2. The van der Waals surface area contributed by atoms with Crippen LogP contribution in [0.2, 0.25) is 10.0 Å². The summed E-state index contributed by atoms with van der Waals surface area (Å²) in [4.78, 5) is 28.4. The number of hydrogen-bond acceptors (Lipinski definition) is 5. The third-order valence-electron chi connectivity index (χ3n) is 3.04. The van der Waals surface area contributed by atoms with E-state index in [2.05, 4.69) is 4.98 Å². The van der Waals surface area contributed by atoms with Gasteiger partial charge in [0.2, 0.25) is 0 Å². The first kappa shape index (κ1) is 16.1. The Balaban J connectivity index is 1.91. The highest BCUT2D eigenvalue weighted by Gasteiger charge is 2.16. The molecule has 0 amide bonds. The van der Waals surface area contributed by atoms with Crippen molar-refractivity contribution in [1.29, 1.82) is 0 Å². The van der Waals surface area contributed by atoms with E-state index in [0.717, 1.165) is 0 Å². The van der Waals surface area contributed by atoms with Crippen LogP contribution in [0.15, 0.2) is 56.8 Å². The summed E-state index contributed by atoms with van der Waals surface area (Å²) in [5, 5.41) is 1.84. The Morgan fingerprint density at radius 2 is 2.04 bits per heavy atom. The van der Waals surface area contributed by atoms with E-state index in [1.807, 2.05) is 6.07 Å². The summed E-state index contributed by atoms with van der Waals surface area (Å²) in [6.45, 7) is 0. The summed E-state index contributed by atoms with van der Waals surface area (Å²) in [6.07, 6.45) is 1.64. The van der Waals surface area contributed by atoms with Crippen LogP contribution in [-0.2, 0) is 0 Å². The Hall–Kier alpha value is -1.82. The van der Waals surface area contributed by atoms with Crippen LogP contribution in [0.3, 0.4) is 0 Å². The van der Waals surface area contributed by atoms with Crippen LogP contribution in [0.1, 0.15) is 10.4 Å². The van der Waals surface area contributed by atoms with Crippen molar-refractivity contribution in [2.45, 2.75) is 5.03 Å². The molecule has 0 aliphatic carbocycles. The quantitative estimate of drug-likeness (QED) is 0.387. The molecule has 23 heavy (non-hydrogen) atoms. The number of fused-ring (bicyclic) bond motifs is 1. The van der Waals surface area contributed by atoms with Gasteiger partial charge in [-0.05, 0) is 30.3 Å². The number of Topliss-reactive ketones (excluding diaryl/α,β-unsaturated/α-hetero) is 1. The average Bonchev–Trinajstić information content (AvgIpc) is 2.54. The van der Waals surface area contributed by atoms with E-state index in [-0.39, 0.29) is 27.7 Å². The monoisotopic (exact) mass is 365 g/mol. The second-order valence-electron chi connectivity index (χ2n) is 4.63. The average molecular weight is 366 g/mol. The highest BCUT2D eigenvalue weighted by Crippen LogP contribution is 2.27. The number of pyridine rings is 1. The van der Waals surface area contributed by atoms with Gasteiger partial charge in [-0.1, -0.05) is 41.0 Å². The molecule has 1 aromatic carbocycles. The molecule has 7 heteroatoms. The molecule has 0 bridgehead atoms. The molecule has 0 aliphatic rings. The minimum atomic E-state index is -0.714. The van der Waals surface area contributed by atoms with Crippen LogP contribution in [0.5, 0.6) is 0 Å². The number of nitrogens with zero attached hydrogens (tertiary/aromatic N) is 1. The van der Waals surface area contributed by atoms with Crippen molar-refractivity contribution in [2.75, 3.05) is 5.75 Å². The molecule has 0 N–H and O–H groups in total. The standard InChI is InChI=1S/C16H9Cl2NO3S/c17-10-5-9-6-11(16(21)22-15(9)12(18)7-10)13(20)8-23-14-3-1-2-4-19-14/h1-7H,8H2. The van der Waals surface area contributed by atoms with Crippen molar-refractivity contribution in [3.63, 3.8) is 0 Å². The molecule has 0 saturated heterocycles. The molecule has 0 fully saturated rings. The largest absolute Gasteiger partial charge is 0.421 e. The van der Waals surface area contributed by atoms with Crippen LogP contribution in [0.4, 0.5) is 0 Å². The first-order valence-electron chi connectivity index (χ1n) is 6.54. The summed E-state index contributed by atoms with van der Waals surface area (Å²) in [6, 6.07) is 9.94. The molecule has 3 rings (SSSR count). The van der Waals surface area contributed by atoms with Gasteiger partial charge in [0.1, 0.15) is 5.56 Å². The zero-order valence-corrected chi connectivity index (χ0v) is 13.9. The minimum Gasteiger partial charge on any atom is -0.421 e. The van der Waals surface area contributed by atoms with Crippen LogP contribution >= 0.6 is 35.0 Å². The lowest BCUT2D eigenvalue weighted by Crippen LogP contribution is -2.15. The SMILES string of the molecule is O=C(CSc1ccccn1)c1cc2cc(Cl)cc(Cl)c2oc1=O. The lowest BCUT2D eigenvalue weighted by atomic mass is 10.1. The van der Waals surface area contributed by atoms with Gasteiger partial charge in [-0.25, -0.2) is 9.78 Å². The Morgan fingerprint density at radius 3 is 2.78 bits per heavy atom. The number of rotatable bonds is 4. The Bertz CT molecular complexity index is 941. The molecule has 4 nitrogen and oxygen atoms in total. The van der Waals surface area contributed by atoms with E-state index in [4.69, 9.17) is 27.6 Å². The second kappa shape index (κ2) is 6.74. The zero-order valence-electron chi connectivity index (χ0n) is 11.6. The van der Waals surface area contributed by atoms with Crippen molar-refractivity contribution < 1.29 is 9.21 Å². The lowest BCUT2D eigenvalue weighted by molar-refractivity contribution is 0.101. The predicted octanol–water partition coefficient (Wildman–Crippen LogP) is 4.47. The van der Waals surface area contributed by atoms with Crippen LogP contribution in [0.25, 0.3) is 11.0 Å². The fourth-order valence-corrected chi connectivity index (χ4v) is 3.29. The van der Waals surface area contributed by atoms with Gasteiger partial charge in [-0.2, -0.15) is 0 Å². The molecular formula is C16H9Cl2NO3S. The predicted molar refractivity (Wildman–Crippen MR) is 91.8 cm³/mol. The van der Waals surface area contributed by atoms with Gasteiger partial charge in [0.05, 0.1) is 15.8 Å². The molecule has 0 atom stereocenters. The maximum Gasteiger partial charge on any atom is 0.347 e. The number of aromatic nitrogens is 1. The van der Waals surface area contributed by atoms with Crippen LogP contribution in [-0.4, -0.2) is 16.5 Å². The number of ketones is 1. The summed E-state index contributed by atoms with van der Waals surface area (Å²) < 4.78 is 5.16. The van der Waals surface area contributed by atoms with Crippen LogP contribution in [0, 0.1) is 0 Å². The van der Waals surface area contributed by atoms with E-state index >= 15 is 0 Å². The molecular weight excluding hydrogens is 357 g/mol. The van der Waals surface area contributed by atoms with Crippen molar-refractivity contribution >= 4 is 51.7 Å². The van der Waals surface area contributed by atoms with E-state index in [9.17, 15) is 9.59 Å². The van der Waals surface area contributed by atoms with Gasteiger partial charge in [0.15, 0.2) is 11.4 Å². The van der Waals surface area contributed by atoms with Crippen molar-refractivity contribution in [2.24, 2.45) is 0 Å². The molecule has 0 radical (unpaired) electrons. The summed E-state index contributed by atoms with van der Waals surface area (Å²) in [7, 11) is 0. The van der Waals surface area contributed by atoms with E-state index in [0.29, 0.717) is 15.4 Å². The number of thioether (sulfide) groups is 1. The molecule has 0 aliphatic heterocycles. The van der Waals surface area contributed by atoms with Gasteiger partial charge in [0, 0.05) is 16.6 Å². The highest BCUT2D eigenvalue weighted by atomic mass is 35.5. The Morgan fingerprint density at radius 1 is 1.22 bits per heavy atom. The van der Waals surface area contributed by atoms with Gasteiger partial charge < -0.3 is 4.42 Å². The topological polar surface area (TPSA) is 60.2 Å². The van der Waals surface area contributed by atoms with Gasteiger partial charge in [-0.15, -0.1) is 0 Å². The molecule has 0 spiro atoms. The smallest absolute Gasteiger partial charge is 0.347 e. The minimum absolute atomic E-state index is 0.0285. The molecule has 2 aromatic heterocycles. The van der Waals surface area contributed by atoms with Crippen molar-refractivity contribution in [3.05, 3.63) is 68.6 Å². The molecule has 116 valence electrons. The van der Waals surface area contributed by atoms with Crippen molar-refractivity contribution in [3.8, 4) is 0 Å². The number of carbonyl (C=O) groups excluding carboxylic acids is 1. The fourth-order valence-electron chi connectivity index (χ4n) is 2.00. The molecule has 0 saturated carbocycles. The summed E-state index contributed by atoms with van der Waals surface area (Å²) in [5.41, 5.74) is -0.525. The number of benzene rings is 1. The van der Waals surface area contributed by atoms with Crippen LogP contribution < -0.4 is 5.63 Å². The summed E-state index contributed by atoms with van der Waals surface area (Å²) in [5.74, 6) is -0.255. The Labute approximate surface area is 145 Å². The second-order valence-corrected chi connectivity index (χ2v) is 6.47. The number of halogens is 2. The van der Waals surface area contributed by atoms with E-state index in [1.54, 1.807) is 24.4 Å². The van der Waals surface area contributed by atoms with Crippen molar-refractivity contribution in [1.82, 2.24) is 4.98 Å². The van der Waals surface area contributed by atoms with E-state index < -0.39 is 5.63 Å². The Kier molecular flexibility index (Phi) is 4.71. The molecule has 0 unspecified atom stereocenters.